The van der Waals surface area contributed by atoms with Gasteiger partial charge in [0.25, 0.3) is 0 Å². The predicted octanol–water partition coefficient (Wildman–Crippen LogP) is 7.39. The van der Waals surface area contributed by atoms with Gasteiger partial charge in [-0.3, -0.25) is 4.90 Å². The van der Waals surface area contributed by atoms with E-state index in [0.29, 0.717) is 0 Å². The van der Waals surface area contributed by atoms with E-state index in [1.807, 2.05) is 6.92 Å². The van der Waals surface area contributed by atoms with Gasteiger partial charge in [0.1, 0.15) is 0 Å². The molecule has 0 aromatic rings. The van der Waals surface area contributed by atoms with Crippen molar-refractivity contribution in [2.24, 2.45) is 0 Å². The minimum atomic E-state index is -0.916. The van der Waals surface area contributed by atoms with E-state index in [1.165, 1.54) is 167 Å². The fourth-order valence-corrected chi connectivity index (χ4v) is 5.67. The molecule has 0 heterocycles. The molecule has 3 nitrogen and oxygen atoms in total. The first kappa shape index (κ1) is 41.2. The summed E-state index contributed by atoms with van der Waals surface area (Å²) in [5, 5.41) is 11.5. The molecule has 0 saturated carbocycles. The maximum absolute atomic E-state index is 11.5. The third-order valence-corrected chi connectivity index (χ3v) is 8.49. The van der Waals surface area contributed by atoms with Crippen molar-refractivity contribution in [3.05, 3.63) is 0 Å². The van der Waals surface area contributed by atoms with E-state index in [4.69, 9.17) is 0 Å². The first-order valence-corrected chi connectivity index (χ1v) is 17.6. The van der Waals surface area contributed by atoms with Crippen LogP contribution >= 0.6 is 0 Å². The number of nitrogens with zero attached hydrogens (tertiary/aromatic N) is 1. The molecule has 0 aliphatic heterocycles. The van der Waals surface area contributed by atoms with Gasteiger partial charge in [0.05, 0.1) is 5.97 Å². The van der Waals surface area contributed by atoms with Crippen molar-refractivity contribution in [3.8, 4) is 0 Å². The van der Waals surface area contributed by atoms with Crippen molar-refractivity contribution in [2.75, 3.05) is 13.1 Å². The average Bonchev–Trinajstić information content (AvgIpc) is 2.91. The standard InChI is InChI=1S/C35H71NO2.Li/c1-4-6-8-10-12-14-16-18-20-22-24-26-28-30-32-36(34(3)35(37)38)33-31-29-27-25-23-21-19-17-15-13-11-9-7-5-2;/h34H,4-33H2,1-3H3,(H,37,38);/q;+1/p-1. The van der Waals surface area contributed by atoms with Crippen molar-refractivity contribution >= 4 is 5.97 Å². The first-order chi connectivity index (χ1) is 18.6. The van der Waals surface area contributed by atoms with Crippen molar-refractivity contribution in [1.29, 1.82) is 0 Å². The van der Waals surface area contributed by atoms with E-state index >= 15 is 0 Å². The second-order valence-electron chi connectivity index (χ2n) is 12.2. The van der Waals surface area contributed by atoms with E-state index in [1.54, 1.807) is 0 Å². The molecule has 1 atom stereocenters. The van der Waals surface area contributed by atoms with Gasteiger partial charge in [-0.25, -0.2) is 0 Å². The molecule has 228 valence electrons. The van der Waals surface area contributed by atoms with Crippen LogP contribution < -0.4 is 24.0 Å². The van der Waals surface area contributed by atoms with Gasteiger partial charge >= 0.3 is 18.9 Å². The Labute approximate surface area is 258 Å². The smallest absolute Gasteiger partial charge is 0.548 e. The molecule has 0 bridgehead atoms. The number of hydrogen-bond acceptors (Lipinski definition) is 3. The van der Waals surface area contributed by atoms with E-state index in [2.05, 4.69) is 18.7 Å². The Morgan fingerprint density at radius 2 is 0.667 bits per heavy atom. The normalized spacial score (nSPS) is 12.1. The maximum atomic E-state index is 11.5. The third-order valence-electron chi connectivity index (χ3n) is 8.49. The van der Waals surface area contributed by atoms with Crippen LogP contribution in [0.25, 0.3) is 0 Å². The molecule has 4 heteroatoms. The molecule has 0 aliphatic rings. The quantitative estimate of drug-likeness (QED) is 0.0656. The van der Waals surface area contributed by atoms with Crippen LogP contribution in [0.2, 0.25) is 0 Å². The van der Waals surface area contributed by atoms with Crippen LogP contribution in [0.5, 0.6) is 0 Å². The van der Waals surface area contributed by atoms with Crippen LogP contribution in [-0.2, 0) is 4.79 Å². The zero-order chi connectivity index (χ0) is 27.9. The summed E-state index contributed by atoms with van der Waals surface area (Å²) in [6.45, 7) is 8.19. The number of hydrogen-bond donors (Lipinski definition) is 0. The Balaban J connectivity index is 0. The van der Waals surface area contributed by atoms with Gasteiger partial charge in [-0.2, -0.15) is 0 Å². The number of unbranched alkanes of at least 4 members (excludes halogenated alkanes) is 26. The van der Waals surface area contributed by atoms with Crippen LogP contribution in [0.4, 0.5) is 0 Å². The van der Waals surface area contributed by atoms with Crippen molar-refractivity contribution in [2.45, 2.75) is 207 Å². The Kier molecular flexibility index (Phi) is 36.1. The summed E-state index contributed by atoms with van der Waals surface area (Å²) >= 11 is 0. The summed E-state index contributed by atoms with van der Waals surface area (Å²) in [5.41, 5.74) is 0. The summed E-state index contributed by atoms with van der Waals surface area (Å²) in [4.78, 5) is 13.6. The first-order valence-electron chi connectivity index (χ1n) is 17.6. The summed E-state index contributed by atoms with van der Waals surface area (Å²) in [7, 11) is 0. The van der Waals surface area contributed by atoms with Crippen molar-refractivity contribution < 1.29 is 28.8 Å². The van der Waals surface area contributed by atoms with Crippen LogP contribution in [0.3, 0.4) is 0 Å². The summed E-state index contributed by atoms with van der Waals surface area (Å²) < 4.78 is 0. The Morgan fingerprint density at radius 3 is 0.872 bits per heavy atom. The van der Waals surface area contributed by atoms with Crippen LogP contribution in [0.15, 0.2) is 0 Å². The molecular formula is C35H70LiNO2. The van der Waals surface area contributed by atoms with E-state index in [9.17, 15) is 9.90 Å². The van der Waals surface area contributed by atoms with Gasteiger partial charge in [0.2, 0.25) is 0 Å². The van der Waals surface area contributed by atoms with Gasteiger partial charge in [0.15, 0.2) is 0 Å². The molecule has 0 N–H and O–H groups in total. The average molecular weight is 544 g/mol. The fraction of sp³-hybridized carbons (Fsp3) is 0.971. The minimum Gasteiger partial charge on any atom is -0.548 e. The number of aliphatic carboxylic acids is 1. The molecule has 1 unspecified atom stereocenters. The molecule has 0 fully saturated rings. The second-order valence-corrected chi connectivity index (χ2v) is 12.2. The van der Waals surface area contributed by atoms with Crippen LogP contribution in [0.1, 0.15) is 201 Å². The largest absolute Gasteiger partial charge is 1.00 e. The van der Waals surface area contributed by atoms with E-state index < -0.39 is 12.0 Å². The van der Waals surface area contributed by atoms with Gasteiger partial charge in [0, 0.05) is 6.04 Å². The molecule has 39 heavy (non-hydrogen) atoms. The number of carbonyl (C=O) groups excluding carboxylic acids is 1. The van der Waals surface area contributed by atoms with Gasteiger partial charge in [-0.05, 0) is 32.9 Å². The molecule has 0 aromatic heterocycles. The summed E-state index contributed by atoms with van der Waals surface area (Å²) in [5.74, 6) is -0.916. The van der Waals surface area contributed by atoms with Crippen LogP contribution in [-0.4, -0.2) is 30.0 Å². The number of carboxylic acid groups (broad SMARTS) is 1. The summed E-state index contributed by atoms with van der Waals surface area (Å²) in [6.07, 6.45) is 38.1. The van der Waals surface area contributed by atoms with Crippen LogP contribution in [0, 0.1) is 0 Å². The molecule has 0 aliphatic carbocycles. The second kappa shape index (κ2) is 34.2. The molecule has 0 rings (SSSR count). The molecule has 0 aromatic carbocycles. The molecular weight excluding hydrogens is 473 g/mol. The SMILES string of the molecule is CCCCCCCCCCCCCCCCN(CCCCCCCCCCCCCCCC)C(C)C(=O)[O-].[Li+]. The van der Waals surface area contributed by atoms with Crippen molar-refractivity contribution in [1.82, 2.24) is 4.90 Å². The Bertz CT molecular complexity index is 442. The Morgan fingerprint density at radius 1 is 0.462 bits per heavy atom. The molecule has 0 spiro atoms. The van der Waals surface area contributed by atoms with Gasteiger partial charge in [-0.15, -0.1) is 0 Å². The van der Waals surface area contributed by atoms with Gasteiger partial charge in [-0.1, -0.05) is 181 Å². The number of carboxylic acids is 1. The molecule has 0 saturated heterocycles. The zero-order valence-electron chi connectivity index (χ0n) is 27.6. The fourth-order valence-electron chi connectivity index (χ4n) is 5.67. The molecule has 0 radical (unpaired) electrons. The monoisotopic (exact) mass is 544 g/mol. The zero-order valence-corrected chi connectivity index (χ0v) is 27.6. The number of carbonyl (C=O) groups is 1. The Hall–Kier alpha value is 0.0274. The predicted molar refractivity (Wildman–Crippen MR) is 167 cm³/mol. The van der Waals surface area contributed by atoms with E-state index in [0.717, 1.165) is 25.9 Å². The van der Waals surface area contributed by atoms with Crippen molar-refractivity contribution in [3.63, 3.8) is 0 Å². The topological polar surface area (TPSA) is 43.4 Å². The van der Waals surface area contributed by atoms with E-state index in [-0.39, 0.29) is 18.9 Å². The summed E-state index contributed by atoms with van der Waals surface area (Å²) in [6, 6.07) is -0.459. The number of rotatable bonds is 32. The van der Waals surface area contributed by atoms with Gasteiger partial charge < -0.3 is 9.90 Å². The minimum absolute atomic E-state index is 0. The third kappa shape index (κ3) is 30.8. The molecule has 0 amide bonds. The maximum Gasteiger partial charge on any atom is 1.00 e.